The molecule has 0 spiro atoms. The maximum absolute atomic E-state index is 11.5. The minimum absolute atomic E-state index is 0.459. The second-order valence-electron chi connectivity index (χ2n) is 5.50. The molecule has 23 heavy (non-hydrogen) atoms. The van der Waals surface area contributed by atoms with Crippen LogP contribution in [0.1, 0.15) is 18.3 Å². The number of anilines is 2. The number of hydrogen-bond donors (Lipinski definition) is 1. The zero-order valence-electron chi connectivity index (χ0n) is 14.0. The molecule has 2 heterocycles. The van der Waals surface area contributed by atoms with Crippen LogP contribution in [0, 0.1) is 6.92 Å². The summed E-state index contributed by atoms with van der Waals surface area (Å²) >= 11 is 0. The van der Waals surface area contributed by atoms with Crippen molar-refractivity contribution in [2.75, 3.05) is 30.0 Å². The highest BCUT2D eigenvalue weighted by molar-refractivity contribution is 7.92. The molecule has 8 heteroatoms. The van der Waals surface area contributed by atoms with Gasteiger partial charge in [0.15, 0.2) is 0 Å². The predicted molar refractivity (Wildman–Crippen MR) is 92.2 cm³/mol. The van der Waals surface area contributed by atoms with E-state index in [1.54, 1.807) is 19.2 Å². The average molecular weight is 335 g/mol. The number of pyridine rings is 1. The summed E-state index contributed by atoms with van der Waals surface area (Å²) < 4.78 is 25.6. The first-order valence-corrected chi connectivity index (χ1v) is 9.08. The quantitative estimate of drug-likeness (QED) is 0.897. The standard InChI is InChI=1S/C15H21N5O2S/c1-6-12-14(15(20(3)4)18-9-17-12)11-7-13(10(2)16-8-11)19-23(5,21)22/h7-9,19H,6H2,1-5H3. The van der Waals surface area contributed by atoms with Crippen LogP contribution in [-0.2, 0) is 16.4 Å². The number of nitrogens with one attached hydrogen (secondary N) is 1. The van der Waals surface area contributed by atoms with Crippen LogP contribution in [0.15, 0.2) is 18.6 Å². The van der Waals surface area contributed by atoms with E-state index < -0.39 is 10.0 Å². The Morgan fingerprint density at radius 3 is 2.48 bits per heavy atom. The molecular formula is C15H21N5O2S. The zero-order chi connectivity index (χ0) is 17.2. The third-order valence-corrected chi connectivity index (χ3v) is 3.93. The van der Waals surface area contributed by atoms with Gasteiger partial charge in [0.1, 0.15) is 12.1 Å². The number of aryl methyl sites for hydroxylation is 2. The maximum Gasteiger partial charge on any atom is 0.229 e. The van der Waals surface area contributed by atoms with Crippen molar-refractivity contribution in [3.8, 4) is 11.1 Å². The van der Waals surface area contributed by atoms with E-state index in [9.17, 15) is 8.42 Å². The van der Waals surface area contributed by atoms with Crippen molar-refractivity contribution in [2.24, 2.45) is 0 Å². The lowest BCUT2D eigenvalue weighted by Crippen LogP contribution is -2.14. The Morgan fingerprint density at radius 1 is 1.22 bits per heavy atom. The highest BCUT2D eigenvalue weighted by atomic mass is 32.2. The summed E-state index contributed by atoms with van der Waals surface area (Å²) in [6.07, 6.45) is 5.11. The van der Waals surface area contributed by atoms with Crippen LogP contribution in [-0.4, -0.2) is 43.7 Å². The Kier molecular flexibility index (Phi) is 4.84. The van der Waals surface area contributed by atoms with E-state index in [4.69, 9.17) is 0 Å². The molecule has 0 radical (unpaired) electrons. The first kappa shape index (κ1) is 17.1. The van der Waals surface area contributed by atoms with Crippen molar-refractivity contribution in [3.63, 3.8) is 0 Å². The molecule has 124 valence electrons. The Morgan fingerprint density at radius 2 is 1.91 bits per heavy atom. The van der Waals surface area contributed by atoms with Crippen LogP contribution in [0.5, 0.6) is 0 Å². The number of aromatic nitrogens is 3. The molecule has 0 saturated heterocycles. The number of sulfonamides is 1. The van der Waals surface area contributed by atoms with Gasteiger partial charge in [-0.25, -0.2) is 18.4 Å². The van der Waals surface area contributed by atoms with Crippen LogP contribution in [0.25, 0.3) is 11.1 Å². The highest BCUT2D eigenvalue weighted by Gasteiger charge is 2.16. The molecule has 7 nitrogen and oxygen atoms in total. The van der Waals surface area contributed by atoms with Crippen molar-refractivity contribution in [2.45, 2.75) is 20.3 Å². The van der Waals surface area contributed by atoms with Crippen LogP contribution < -0.4 is 9.62 Å². The summed E-state index contributed by atoms with van der Waals surface area (Å²) in [7, 11) is 0.438. The molecule has 0 bridgehead atoms. The summed E-state index contributed by atoms with van der Waals surface area (Å²) in [4.78, 5) is 14.9. The molecule has 0 fully saturated rings. The fourth-order valence-corrected chi connectivity index (χ4v) is 2.89. The van der Waals surface area contributed by atoms with Gasteiger partial charge in [-0.2, -0.15) is 0 Å². The number of rotatable bonds is 5. The summed E-state index contributed by atoms with van der Waals surface area (Å²) in [5, 5.41) is 0. The van der Waals surface area contributed by atoms with E-state index in [-0.39, 0.29) is 0 Å². The summed E-state index contributed by atoms with van der Waals surface area (Å²) in [6.45, 7) is 3.77. The van der Waals surface area contributed by atoms with Gasteiger partial charge >= 0.3 is 0 Å². The van der Waals surface area contributed by atoms with Gasteiger partial charge in [-0.05, 0) is 19.4 Å². The molecule has 0 unspecified atom stereocenters. The molecule has 0 aromatic carbocycles. The second kappa shape index (κ2) is 6.49. The first-order chi connectivity index (χ1) is 10.7. The molecule has 0 aliphatic carbocycles. The molecule has 1 N–H and O–H groups in total. The highest BCUT2D eigenvalue weighted by Crippen LogP contribution is 2.32. The van der Waals surface area contributed by atoms with Crippen molar-refractivity contribution in [1.29, 1.82) is 0 Å². The number of hydrogen-bond acceptors (Lipinski definition) is 6. The van der Waals surface area contributed by atoms with Gasteiger partial charge in [0.2, 0.25) is 10.0 Å². The molecular weight excluding hydrogens is 314 g/mol. The van der Waals surface area contributed by atoms with E-state index in [1.165, 1.54) is 6.33 Å². The lowest BCUT2D eigenvalue weighted by Gasteiger charge is -2.19. The molecule has 0 aliphatic rings. The second-order valence-corrected chi connectivity index (χ2v) is 7.25. The third kappa shape index (κ3) is 3.95. The van der Waals surface area contributed by atoms with Crippen molar-refractivity contribution in [3.05, 3.63) is 30.0 Å². The van der Waals surface area contributed by atoms with Crippen molar-refractivity contribution >= 4 is 21.5 Å². The monoisotopic (exact) mass is 335 g/mol. The summed E-state index contributed by atoms with van der Waals surface area (Å²) in [6, 6.07) is 1.77. The minimum Gasteiger partial charge on any atom is -0.362 e. The maximum atomic E-state index is 11.5. The smallest absolute Gasteiger partial charge is 0.229 e. The molecule has 2 rings (SSSR count). The van der Waals surface area contributed by atoms with Crippen LogP contribution >= 0.6 is 0 Å². The molecule has 2 aromatic rings. The van der Waals surface area contributed by atoms with E-state index in [1.807, 2.05) is 25.9 Å². The molecule has 0 aliphatic heterocycles. The topological polar surface area (TPSA) is 88.1 Å². The van der Waals surface area contributed by atoms with Crippen molar-refractivity contribution in [1.82, 2.24) is 15.0 Å². The molecule has 0 saturated carbocycles. The summed E-state index contributed by atoms with van der Waals surface area (Å²) in [5.74, 6) is 0.771. The van der Waals surface area contributed by atoms with Crippen LogP contribution in [0.3, 0.4) is 0 Å². The van der Waals surface area contributed by atoms with E-state index >= 15 is 0 Å². The van der Waals surface area contributed by atoms with Crippen LogP contribution in [0.2, 0.25) is 0 Å². The summed E-state index contributed by atoms with van der Waals surface area (Å²) in [5.41, 5.74) is 3.60. The Balaban J connectivity index is 2.65. The Bertz CT molecular complexity index is 819. The van der Waals surface area contributed by atoms with E-state index in [2.05, 4.69) is 19.7 Å². The average Bonchev–Trinajstić information content (AvgIpc) is 2.47. The Labute approximate surface area is 136 Å². The van der Waals surface area contributed by atoms with Gasteiger partial charge in [0.05, 0.1) is 23.3 Å². The zero-order valence-corrected chi connectivity index (χ0v) is 14.8. The predicted octanol–water partition coefficient (Wildman–Crippen LogP) is 1.85. The Hall–Kier alpha value is -2.22. The van der Waals surface area contributed by atoms with Gasteiger partial charge in [0.25, 0.3) is 0 Å². The molecule has 2 aromatic heterocycles. The largest absolute Gasteiger partial charge is 0.362 e. The fourth-order valence-electron chi connectivity index (χ4n) is 2.29. The normalized spacial score (nSPS) is 11.3. The lowest BCUT2D eigenvalue weighted by atomic mass is 10.0. The fraction of sp³-hybridized carbons (Fsp3) is 0.400. The van der Waals surface area contributed by atoms with Crippen molar-refractivity contribution < 1.29 is 8.42 Å². The van der Waals surface area contributed by atoms with Gasteiger partial charge in [-0.15, -0.1) is 0 Å². The van der Waals surface area contributed by atoms with E-state index in [0.29, 0.717) is 11.4 Å². The lowest BCUT2D eigenvalue weighted by molar-refractivity contribution is 0.606. The van der Waals surface area contributed by atoms with Gasteiger partial charge in [-0.3, -0.25) is 9.71 Å². The molecule has 0 amide bonds. The SMILES string of the molecule is CCc1ncnc(N(C)C)c1-c1cnc(C)c(NS(C)(=O)=O)c1. The minimum atomic E-state index is -3.37. The van der Waals surface area contributed by atoms with Gasteiger partial charge in [-0.1, -0.05) is 6.92 Å². The van der Waals surface area contributed by atoms with Gasteiger partial charge in [0, 0.05) is 31.4 Å². The molecule has 0 atom stereocenters. The number of nitrogens with zero attached hydrogens (tertiary/aromatic N) is 4. The van der Waals surface area contributed by atoms with Gasteiger partial charge < -0.3 is 4.90 Å². The third-order valence-electron chi connectivity index (χ3n) is 3.34. The van der Waals surface area contributed by atoms with E-state index in [0.717, 1.165) is 35.3 Å². The van der Waals surface area contributed by atoms with Crippen LogP contribution in [0.4, 0.5) is 11.5 Å². The first-order valence-electron chi connectivity index (χ1n) is 7.19.